The second-order valence-corrected chi connectivity index (χ2v) is 13.4. The molecule has 3 aromatic carbocycles. The second kappa shape index (κ2) is 13.9. The molecule has 0 bridgehead atoms. The van der Waals surface area contributed by atoms with Gasteiger partial charge in [-0.05, 0) is 66.3 Å². The van der Waals surface area contributed by atoms with Crippen LogP contribution < -0.4 is 9.62 Å². The molecule has 2 amide bonds. The highest BCUT2D eigenvalue weighted by molar-refractivity contribution is 9.10. The van der Waals surface area contributed by atoms with Gasteiger partial charge in [0.15, 0.2) is 0 Å². The van der Waals surface area contributed by atoms with Gasteiger partial charge in [0.2, 0.25) is 21.8 Å². The first-order chi connectivity index (χ1) is 18.8. The summed E-state index contributed by atoms with van der Waals surface area (Å²) in [7, 11) is -3.81. The van der Waals surface area contributed by atoms with E-state index < -0.39 is 28.5 Å². The topological polar surface area (TPSA) is 86.8 Å². The SMILES string of the molecule is Cc1cc(C)cc(N(CC(=O)N(Cc2ccc(Br)cc2)[C@@H](Cc2ccccc2)C(=O)NCC(C)C)S(C)(=O)=O)c1. The number of amides is 2. The Balaban J connectivity index is 2.06. The number of hydrogen-bond acceptors (Lipinski definition) is 4. The number of carbonyl (C=O) groups is 2. The molecule has 0 fully saturated rings. The molecule has 0 unspecified atom stereocenters. The summed E-state index contributed by atoms with van der Waals surface area (Å²) < 4.78 is 27.9. The molecular formula is C31H38BrN3O4S. The maximum Gasteiger partial charge on any atom is 0.244 e. The van der Waals surface area contributed by atoms with E-state index in [2.05, 4.69) is 21.2 Å². The van der Waals surface area contributed by atoms with Crippen LogP contribution in [0.25, 0.3) is 0 Å². The Morgan fingerprint density at radius 3 is 2.05 bits per heavy atom. The van der Waals surface area contributed by atoms with E-state index >= 15 is 0 Å². The molecule has 40 heavy (non-hydrogen) atoms. The smallest absolute Gasteiger partial charge is 0.244 e. The van der Waals surface area contributed by atoms with Crippen LogP contribution in [0.2, 0.25) is 0 Å². The minimum Gasteiger partial charge on any atom is -0.354 e. The molecule has 0 aliphatic rings. The van der Waals surface area contributed by atoms with Crippen molar-refractivity contribution in [1.82, 2.24) is 10.2 Å². The van der Waals surface area contributed by atoms with Crippen molar-refractivity contribution in [3.05, 3.63) is 99.5 Å². The third-order valence-corrected chi connectivity index (χ3v) is 8.06. The molecule has 0 aliphatic heterocycles. The minimum absolute atomic E-state index is 0.142. The molecule has 0 radical (unpaired) electrons. The largest absolute Gasteiger partial charge is 0.354 e. The molecule has 3 rings (SSSR count). The fraction of sp³-hybridized carbons (Fsp3) is 0.355. The van der Waals surface area contributed by atoms with Crippen LogP contribution in [0.4, 0.5) is 5.69 Å². The van der Waals surface area contributed by atoms with Gasteiger partial charge in [-0.2, -0.15) is 0 Å². The van der Waals surface area contributed by atoms with Gasteiger partial charge in [0.25, 0.3) is 0 Å². The highest BCUT2D eigenvalue weighted by Gasteiger charge is 2.33. The van der Waals surface area contributed by atoms with E-state index in [9.17, 15) is 18.0 Å². The van der Waals surface area contributed by atoms with Gasteiger partial charge in [0.1, 0.15) is 12.6 Å². The van der Waals surface area contributed by atoms with Crippen LogP contribution in [0.1, 0.15) is 36.1 Å². The Labute approximate surface area is 246 Å². The molecule has 1 atom stereocenters. The van der Waals surface area contributed by atoms with Crippen molar-refractivity contribution >= 4 is 43.5 Å². The summed E-state index contributed by atoms with van der Waals surface area (Å²) in [5.41, 5.74) is 3.91. The zero-order valence-electron chi connectivity index (χ0n) is 23.7. The van der Waals surface area contributed by atoms with Crippen molar-refractivity contribution in [3.8, 4) is 0 Å². The van der Waals surface area contributed by atoms with E-state index in [4.69, 9.17) is 0 Å². The Hall–Kier alpha value is -3.17. The predicted octanol–water partition coefficient (Wildman–Crippen LogP) is 5.24. The van der Waals surface area contributed by atoms with Crippen LogP contribution in [0.5, 0.6) is 0 Å². The summed E-state index contributed by atoms with van der Waals surface area (Å²) in [5, 5.41) is 2.99. The van der Waals surface area contributed by atoms with Crippen LogP contribution >= 0.6 is 15.9 Å². The summed E-state index contributed by atoms with van der Waals surface area (Å²) in [6.07, 6.45) is 1.38. The molecule has 0 heterocycles. The van der Waals surface area contributed by atoms with Crippen molar-refractivity contribution in [1.29, 1.82) is 0 Å². The lowest BCUT2D eigenvalue weighted by Crippen LogP contribution is -2.53. The maximum absolute atomic E-state index is 14.1. The predicted molar refractivity (Wildman–Crippen MR) is 165 cm³/mol. The van der Waals surface area contributed by atoms with Crippen LogP contribution in [0, 0.1) is 19.8 Å². The Kier molecular flexibility index (Phi) is 10.9. The molecule has 1 N–H and O–H groups in total. The summed E-state index contributed by atoms with van der Waals surface area (Å²) in [4.78, 5) is 29.3. The standard InChI is InChI=1S/C31H38BrN3O4S/c1-22(2)19-33-31(37)29(18-25-9-7-6-8-10-25)34(20-26-11-13-27(32)14-12-26)30(36)21-35(40(5,38)39)28-16-23(3)15-24(4)17-28/h6-17,22,29H,18-21H2,1-5H3,(H,33,37)/t29-/m0/s1. The van der Waals surface area contributed by atoms with Crippen molar-refractivity contribution in [2.45, 2.75) is 46.7 Å². The van der Waals surface area contributed by atoms with Gasteiger partial charge in [0.05, 0.1) is 11.9 Å². The second-order valence-electron chi connectivity index (χ2n) is 10.6. The van der Waals surface area contributed by atoms with Crippen molar-refractivity contribution in [2.75, 3.05) is 23.7 Å². The van der Waals surface area contributed by atoms with Crippen LogP contribution in [0.3, 0.4) is 0 Å². The number of hydrogen-bond donors (Lipinski definition) is 1. The average Bonchev–Trinajstić information content (AvgIpc) is 2.88. The van der Waals surface area contributed by atoms with Crippen molar-refractivity contribution < 1.29 is 18.0 Å². The number of sulfonamides is 1. The first-order valence-corrected chi connectivity index (χ1v) is 15.9. The number of rotatable bonds is 12. The number of carbonyl (C=O) groups excluding carboxylic acids is 2. The highest BCUT2D eigenvalue weighted by atomic mass is 79.9. The van der Waals surface area contributed by atoms with Gasteiger partial charge < -0.3 is 10.2 Å². The number of nitrogens with zero attached hydrogens (tertiary/aromatic N) is 2. The fourth-order valence-corrected chi connectivity index (χ4v) is 5.57. The molecule has 0 aliphatic carbocycles. The molecule has 0 saturated carbocycles. The Morgan fingerprint density at radius 1 is 0.900 bits per heavy atom. The first-order valence-electron chi connectivity index (χ1n) is 13.2. The molecule has 214 valence electrons. The molecule has 0 aromatic heterocycles. The third-order valence-electron chi connectivity index (χ3n) is 6.40. The van der Waals surface area contributed by atoms with Crippen LogP contribution in [-0.2, 0) is 32.6 Å². The normalized spacial score (nSPS) is 12.2. The Morgan fingerprint density at radius 2 is 1.50 bits per heavy atom. The number of anilines is 1. The van der Waals surface area contributed by atoms with Crippen molar-refractivity contribution in [3.63, 3.8) is 0 Å². The summed E-state index contributed by atoms with van der Waals surface area (Å²) in [5.74, 6) is -0.518. The average molecular weight is 629 g/mol. The molecule has 0 spiro atoms. The lowest BCUT2D eigenvalue weighted by atomic mass is 10.0. The molecular weight excluding hydrogens is 590 g/mol. The van der Waals surface area contributed by atoms with Gasteiger partial charge in [-0.15, -0.1) is 0 Å². The van der Waals surface area contributed by atoms with E-state index in [0.717, 1.165) is 37.3 Å². The Bertz CT molecular complexity index is 1390. The van der Waals surface area contributed by atoms with Gasteiger partial charge in [-0.25, -0.2) is 8.42 Å². The monoisotopic (exact) mass is 627 g/mol. The van der Waals surface area contributed by atoms with E-state index in [0.29, 0.717) is 12.2 Å². The number of nitrogens with one attached hydrogen (secondary N) is 1. The van der Waals surface area contributed by atoms with E-state index in [1.54, 1.807) is 12.1 Å². The lowest BCUT2D eigenvalue weighted by Gasteiger charge is -2.33. The number of halogens is 1. The highest BCUT2D eigenvalue weighted by Crippen LogP contribution is 2.23. The lowest BCUT2D eigenvalue weighted by molar-refractivity contribution is -0.140. The van der Waals surface area contributed by atoms with Crippen LogP contribution in [-0.4, -0.2) is 50.5 Å². The quantitative estimate of drug-likeness (QED) is 0.297. The first kappa shape index (κ1) is 31.4. The van der Waals surface area contributed by atoms with E-state index in [1.807, 2.05) is 88.4 Å². The summed E-state index contributed by atoms with van der Waals surface area (Å²) in [6, 6.07) is 21.6. The van der Waals surface area contributed by atoms with Gasteiger partial charge >= 0.3 is 0 Å². The number of benzene rings is 3. The van der Waals surface area contributed by atoms with Crippen LogP contribution in [0.15, 0.2) is 77.3 Å². The maximum atomic E-state index is 14.1. The molecule has 3 aromatic rings. The van der Waals surface area contributed by atoms with Gasteiger partial charge in [-0.1, -0.05) is 78.3 Å². The minimum atomic E-state index is -3.81. The zero-order valence-corrected chi connectivity index (χ0v) is 26.1. The van der Waals surface area contributed by atoms with E-state index in [-0.39, 0.29) is 24.8 Å². The van der Waals surface area contributed by atoms with Crippen molar-refractivity contribution in [2.24, 2.45) is 5.92 Å². The molecule has 0 saturated heterocycles. The zero-order chi connectivity index (χ0) is 29.4. The van der Waals surface area contributed by atoms with Gasteiger partial charge in [-0.3, -0.25) is 13.9 Å². The summed E-state index contributed by atoms with van der Waals surface area (Å²) >= 11 is 3.45. The molecule has 9 heteroatoms. The van der Waals surface area contributed by atoms with E-state index in [1.165, 1.54) is 4.90 Å². The molecule has 7 nitrogen and oxygen atoms in total. The third kappa shape index (κ3) is 9.20. The summed E-state index contributed by atoms with van der Waals surface area (Å²) in [6.45, 7) is 7.95. The number of aryl methyl sites for hydroxylation is 2. The van der Waals surface area contributed by atoms with Gasteiger partial charge in [0, 0.05) is 24.0 Å². The fourth-order valence-electron chi connectivity index (χ4n) is 4.47.